The second-order valence-corrected chi connectivity index (χ2v) is 7.24. The van der Waals surface area contributed by atoms with Crippen molar-refractivity contribution in [1.82, 2.24) is 4.90 Å². The molecule has 4 rings (SSSR count). The summed E-state index contributed by atoms with van der Waals surface area (Å²) in [5.74, 6) is 0. The van der Waals surface area contributed by atoms with Crippen molar-refractivity contribution in [3.8, 4) is 11.1 Å². The number of hydrogen-bond donors (Lipinski definition) is 1. The molecular weight excluding hydrogens is 330 g/mol. The van der Waals surface area contributed by atoms with Gasteiger partial charge in [0.15, 0.2) is 0 Å². The van der Waals surface area contributed by atoms with Gasteiger partial charge in [0, 0.05) is 36.6 Å². The molecular formula is C24H25N3. The van der Waals surface area contributed by atoms with Crippen LogP contribution in [0.15, 0.2) is 77.4 Å². The standard InChI is InChI=1S/C24H25N3/c1-18(25)15-21-16-22(17-26-21)27-13-11-20(12-14-27)24-10-6-5-9-23(24)19-7-3-2-4-8-19/h2-11,16,25H,12-15,17H2,1H3. The Hall–Kier alpha value is -2.94. The molecule has 136 valence electrons. The van der Waals surface area contributed by atoms with E-state index in [-0.39, 0.29) is 0 Å². The van der Waals surface area contributed by atoms with Gasteiger partial charge in [-0.3, -0.25) is 4.99 Å². The van der Waals surface area contributed by atoms with Crippen LogP contribution < -0.4 is 0 Å². The molecule has 0 saturated carbocycles. The van der Waals surface area contributed by atoms with Crippen LogP contribution in [0, 0.1) is 5.41 Å². The lowest BCUT2D eigenvalue weighted by atomic mass is 9.91. The maximum absolute atomic E-state index is 7.65. The van der Waals surface area contributed by atoms with E-state index >= 15 is 0 Å². The molecule has 0 bridgehead atoms. The lowest BCUT2D eigenvalue weighted by Gasteiger charge is -2.29. The van der Waals surface area contributed by atoms with E-state index in [0.29, 0.717) is 12.1 Å². The Kier molecular flexibility index (Phi) is 5.01. The second-order valence-electron chi connectivity index (χ2n) is 7.24. The monoisotopic (exact) mass is 355 g/mol. The van der Waals surface area contributed by atoms with Crippen LogP contribution in [0.25, 0.3) is 16.7 Å². The molecule has 2 heterocycles. The number of rotatable bonds is 5. The van der Waals surface area contributed by atoms with Crippen molar-refractivity contribution >= 4 is 17.0 Å². The zero-order chi connectivity index (χ0) is 18.6. The molecule has 2 aliphatic rings. The number of nitrogens with one attached hydrogen (secondary N) is 1. The van der Waals surface area contributed by atoms with Gasteiger partial charge in [-0.15, -0.1) is 0 Å². The third-order valence-corrected chi connectivity index (χ3v) is 5.20. The molecule has 0 fully saturated rings. The maximum atomic E-state index is 7.65. The van der Waals surface area contributed by atoms with E-state index in [1.807, 2.05) is 6.92 Å². The van der Waals surface area contributed by atoms with Gasteiger partial charge in [-0.25, -0.2) is 0 Å². The molecule has 0 saturated heterocycles. The molecule has 0 unspecified atom stereocenters. The van der Waals surface area contributed by atoms with Gasteiger partial charge in [-0.2, -0.15) is 0 Å². The van der Waals surface area contributed by atoms with Crippen LogP contribution in [-0.4, -0.2) is 36.0 Å². The van der Waals surface area contributed by atoms with Crippen LogP contribution in [0.4, 0.5) is 0 Å². The first kappa shape index (κ1) is 17.5. The fourth-order valence-corrected chi connectivity index (χ4v) is 3.84. The SMILES string of the molecule is CC(=N)CC1=NCC(N2CC=C(c3ccccc3-c3ccccc3)CC2)=C1. The van der Waals surface area contributed by atoms with Gasteiger partial charge in [-0.05, 0) is 41.7 Å². The maximum Gasteiger partial charge on any atom is 0.0792 e. The van der Waals surface area contributed by atoms with E-state index in [4.69, 9.17) is 5.41 Å². The molecule has 0 atom stereocenters. The summed E-state index contributed by atoms with van der Waals surface area (Å²) in [6.45, 7) is 4.55. The first-order valence-electron chi connectivity index (χ1n) is 9.57. The first-order valence-corrected chi connectivity index (χ1v) is 9.57. The van der Waals surface area contributed by atoms with E-state index in [0.717, 1.165) is 31.8 Å². The Morgan fingerprint density at radius 3 is 2.48 bits per heavy atom. The first-order chi connectivity index (χ1) is 13.2. The van der Waals surface area contributed by atoms with Gasteiger partial charge in [0.1, 0.15) is 0 Å². The Labute approximate surface area is 161 Å². The predicted octanol–water partition coefficient (Wildman–Crippen LogP) is 5.21. The molecule has 0 spiro atoms. The van der Waals surface area contributed by atoms with Crippen molar-refractivity contribution in [1.29, 1.82) is 5.41 Å². The highest BCUT2D eigenvalue weighted by atomic mass is 15.2. The second kappa shape index (κ2) is 7.75. The van der Waals surface area contributed by atoms with Crippen molar-refractivity contribution in [2.45, 2.75) is 19.8 Å². The highest BCUT2D eigenvalue weighted by Gasteiger charge is 2.20. The average molecular weight is 355 g/mol. The van der Waals surface area contributed by atoms with E-state index < -0.39 is 0 Å². The van der Waals surface area contributed by atoms with Gasteiger partial charge in [-0.1, -0.05) is 60.7 Å². The molecule has 2 aromatic rings. The summed E-state index contributed by atoms with van der Waals surface area (Å²) in [4.78, 5) is 7.01. The van der Waals surface area contributed by atoms with Gasteiger partial charge < -0.3 is 10.3 Å². The minimum atomic E-state index is 0.670. The van der Waals surface area contributed by atoms with Crippen molar-refractivity contribution in [3.05, 3.63) is 78.0 Å². The summed E-state index contributed by atoms with van der Waals surface area (Å²) in [6, 6.07) is 19.3. The Morgan fingerprint density at radius 1 is 1.04 bits per heavy atom. The normalized spacial score (nSPS) is 16.6. The zero-order valence-electron chi connectivity index (χ0n) is 15.8. The van der Waals surface area contributed by atoms with Crippen molar-refractivity contribution in [3.63, 3.8) is 0 Å². The summed E-state index contributed by atoms with van der Waals surface area (Å²) < 4.78 is 0. The van der Waals surface area contributed by atoms with Crippen LogP contribution in [0.2, 0.25) is 0 Å². The van der Waals surface area contributed by atoms with Crippen LogP contribution in [0.3, 0.4) is 0 Å². The summed E-state index contributed by atoms with van der Waals surface area (Å²) in [5, 5.41) is 7.65. The summed E-state index contributed by atoms with van der Waals surface area (Å²) in [6.07, 6.45) is 6.25. The molecule has 0 aromatic heterocycles. The zero-order valence-corrected chi connectivity index (χ0v) is 15.8. The van der Waals surface area contributed by atoms with Gasteiger partial charge in [0.2, 0.25) is 0 Å². The van der Waals surface area contributed by atoms with E-state index in [1.54, 1.807) is 0 Å². The summed E-state index contributed by atoms with van der Waals surface area (Å²) in [7, 11) is 0. The fraction of sp³-hybridized carbons (Fsp3) is 0.250. The Morgan fingerprint density at radius 2 is 1.78 bits per heavy atom. The van der Waals surface area contributed by atoms with Crippen LogP contribution >= 0.6 is 0 Å². The number of aliphatic imine (C=N–C) groups is 1. The van der Waals surface area contributed by atoms with Crippen molar-refractivity contribution < 1.29 is 0 Å². The number of nitrogens with zero attached hydrogens (tertiary/aromatic N) is 2. The third kappa shape index (κ3) is 3.92. The number of hydrogen-bond acceptors (Lipinski definition) is 3. The lowest BCUT2D eigenvalue weighted by Crippen LogP contribution is -2.28. The highest BCUT2D eigenvalue weighted by Crippen LogP contribution is 2.32. The van der Waals surface area contributed by atoms with Crippen LogP contribution in [-0.2, 0) is 0 Å². The topological polar surface area (TPSA) is 39.5 Å². The van der Waals surface area contributed by atoms with E-state index in [9.17, 15) is 0 Å². The average Bonchev–Trinajstić information content (AvgIpc) is 3.16. The number of allylic oxidation sites excluding steroid dienone is 1. The number of benzene rings is 2. The summed E-state index contributed by atoms with van der Waals surface area (Å²) >= 11 is 0. The molecule has 3 nitrogen and oxygen atoms in total. The Bertz CT molecular complexity index is 935. The van der Waals surface area contributed by atoms with Gasteiger partial charge >= 0.3 is 0 Å². The minimum Gasteiger partial charge on any atom is -0.369 e. The molecule has 3 heteroatoms. The smallest absolute Gasteiger partial charge is 0.0792 e. The van der Waals surface area contributed by atoms with E-state index in [1.165, 1.54) is 28.0 Å². The predicted molar refractivity (Wildman–Crippen MR) is 114 cm³/mol. The largest absolute Gasteiger partial charge is 0.369 e. The molecule has 27 heavy (non-hydrogen) atoms. The van der Waals surface area contributed by atoms with Crippen molar-refractivity contribution in [2.24, 2.45) is 4.99 Å². The molecule has 0 amide bonds. The molecule has 1 N–H and O–H groups in total. The molecule has 2 aromatic carbocycles. The fourth-order valence-electron chi connectivity index (χ4n) is 3.84. The van der Waals surface area contributed by atoms with Crippen LogP contribution in [0.5, 0.6) is 0 Å². The molecule has 0 radical (unpaired) electrons. The van der Waals surface area contributed by atoms with E-state index in [2.05, 4.69) is 76.6 Å². The molecule has 2 aliphatic heterocycles. The summed E-state index contributed by atoms with van der Waals surface area (Å²) in [5.41, 5.74) is 8.37. The van der Waals surface area contributed by atoms with Crippen LogP contribution in [0.1, 0.15) is 25.3 Å². The molecule has 0 aliphatic carbocycles. The quantitative estimate of drug-likeness (QED) is 0.735. The Balaban J connectivity index is 1.52. The van der Waals surface area contributed by atoms with Gasteiger partial charge in [0.25, 0.3) is 0 Å². The lowest BCUT2D eigenvalue weighted by molar-refractivity contribution is 0.376. The van der Waals surface area contributed by atoms with Crippen molar-refractivity contribution in [2.75, 3.05) is 19.6 Å². The minimum absolute atomic E-state index is 0.670. The highest BCUT2D eigenvalue weighted by molar-refractivity contribution is 6.09. The van der Waals surface area contributed by atoms with Gasteiger partial charge in [0.05, 0.1) is 6.54 Å². The third-order valence-electron chi connectivity index (χ3n) is 5.20.